The highest BCUT2D eigenvalue weighted by Crippen LogP contribution is 2.27. The van der Waals surface area contributed by atoms with Gasteiger partial charge in [0.2, 0.25) is 0 Å². The zero-order valence-corrected chi connectivity index (χ0v) is 19.0. The maximum Gasteiger partial charge on any atom is 0.318 e. The predicted molar refractivity (Wildman–Crippen MR) is 128 cm³/mol. The monoisotopic (exact) mass is 449 g/mol. The molecule has 1 amide bonds. The third-order valence-corrected chi connectivity index (χ3v) is 5.98. The van der Waals surface area contributed by atoms with E-state index in [4.69, 9.17) is 4.74 Å². The zero-order chi connectivity index (χ0) is 22.8. The highest BCUT2D eigenvalue weighted by Gasteiger charge is 2.19. The Labute approximate surface area is 193 Å². The molecule has 166 valence electrons. The summed E-state index contributed by atoms with van der Waals surface area (Å²) in [6.07, 6.45) is 1.77. The van der Waals surface area contributed by atoms with Crippen molar-refractivity contribution < 1.29 is 14.3 Å². The van der Waals surface area contributed by atoms with Gasteiger partial charge in [-0.1, -0.05) is 48.5 Å². The van der Waals surface area contributed by atoms with Gasteiger partial charge in [-0.25, -0.2) is 4.98 Å². The van der Waals surface area contributed by atoms with E-state index in [0.29, 0.717) is 25.2 Å². The standard InChI is InChI=1S/C25H27N3O3S/c1-19(25(30)31-2)32-22-13-7-6-12-21(22)24(29)27-16-17-28(23-14-8-9-15-26-23)18-20-10-4-3-5-11-20/h3-15,19H,16-18H2,1-2H3,(H,27,29). The van der Waals surface area contributed by atoms with Crippen molar-refractivity contribution in [2.45, 2.75) is 23.6 Å². The van der Waals surface area contributed by atoms with E-state index in [1.807, 2.05) is 54.6 Å². The molecule has 0 spiro atoms. The molecular weight excluding hydrogens is 422 g/mol. The number of amides is 1. The van der Waals surface area contributed by atoms with Gasteiger partial charge in [0, 0.05) is 30.7 Å². The molecule has 1 N–H and O–H groups in total. The Morgan fingerprint density at radius 1 is 1.03 bits per heavy atom. The number of rotatable bonds is 10. The summed E-state index contributed by atoms with van der Waals surface area (Å²) in [6, 6.07) is 23.2. The Balaban J connectivity index is 1.65. The number of benzene rings is 2. The van der Waals surface area contributed by atoms with Crippen LogP contribution in [0.1, 0.15) is 22.8 Å². The molecule has 3 aromatic rings. The van der Waals surface area contributed by atoms with Crippen LogP contribution in [0, 0.1) is 0 Å². The fourth-order valence-electron chi connectivity index (χ4n) is 3.18. The number of methoxy groups -OCH3 is 1. The Bertz CT molecular complexity index is 1020. The number of hydrogen-bond donors (Lipinski definition) is 1. The molecule has 0 aliphatic rings. The van der Waals surface area contributed by atoms with Crippen LogP contribution in [0.25, 0.3) is 0 Å². The van der Waals surface area contributed by atoms with E-state index < -0.39 is 5.25 Å². The third-order valence-electron chi connectivity index (χ3n) is 4.83. The number of esters is 1. The van der Waals surface area contributed by atoms with E-state index in [2.05, 4.69) is 27.3 Å². The number of anilines is 1. The number of hydrogen-bond acceptors (Lipinski definition) is 6. The molecule has 0 bridgehead atoms. The van der Waals surface area contributed by atoms with Crippen LogP contribution in [0.2, 0.25) is 0 Å². The first-order valence-electron chi connectivity index (χ1n) is 10.4. The second-order valence-corrected chi connectivity index (χ2v) is 8.51. The minimum absolute atomic E-state index is 0.175. The fourth-order valence-corrected chi connectivity index (χ4v) is 4.20. The van der Waals surface area contributed by atoms with Gasteiger partial charge < -0.3 is 15.0 Å². The lowest BCUT2D eigenvalue weighted by Gasteiger charge is -2.24. The van der Waals surface area contributed by atoms with Crippen molar-refractivity contribution in [3.05, 3.63) is 90.1 Å². The average molecular weight is 450 g/mol. The van der Waals surface area contributed by atoms with Gasteiger partial charge in [-0.05, 0) is 36.8 Å². The minimum atomic E-state index is -0.403. The smallest absolute Gasteiger partial charge is 0.318 e. The first kappa shape index (κ1) is 23.3. The summed E-state index contributed by atoms with van der Waals surface area (Å²) >= 11 is 1.31. The van der Waals surface area contributed by atoms with Crippen LogP contribution in [0.3, 0.4) is 0 Å². The number of pyridine rings is 1. The van der Waals surface area contributed by atoms with Crippen LogP contribution in [0.4, 0.5) is 5.82 Å². The second-order valence-electron chi connectivity index (χ2n) is 7.13. The van der Waals surface area contributed by atoms with Crippen molar-refractivity contribution in [3.8, 4) is 0 Å². The molecule has 0 aliphatic heterocycles. The molecule has 1 unspecified atom stereocenters. The van der Waals surface area contributed by atoms with Gasteiger partial charge in [0.25, 0.3) is 5.91 Å². The highest BCUT2D eigenvalue weighted by atomic mass is 32.2. The van der Waals surface area contributed by atoms with Gasteiger partial charge in [0.1, 0.15) is 11.1 Å². The van der Waals surface area contributed by atoms with Gasteiger partial charge in [-0.15, -0.1) is 11.8 Å². The van der Waals surface area contributed by atoms with E-state index in [1.165, 1.54) is 24.4 Å². The van der Waals surface area contributed by atoms with Crippen molar-refractivity contribution in [1.82, 2.24) is 10.3 Å². The van der Waals surface area contributed by atoms with Crippen molar-refractivity contribution in [2.75, 3.05) is 25.1 Å². The summed E-state index contributed by atoms with van der Waals surface area (Å²) in [4.78, 5) is 32.0. The Hall–Kier alpha value is -3.32. The highest BCUT2D eigenvalue weighted by molar-refractivity contribution is 8.00. The number of carbonyl (C=O) groups excluding carboxylic acids is 2. The van der Waals surface area contributed by atoms with Gasteiger partial charge in [0.05, 0.1) is 12.7 Å². The summed E-state index contributed by atoms with van der Waals surface area (Å²) in [6.45, 7) is 3.51. The van der Waals surface area contributed by atoms with E-state index in [1.54, 1.807) is 19.2 Å². The molecule has 6 nitrogen and oxygen atoms in total. The number of thioether (sulfide) groups is 1. The Morgan fingerprint density at radius 2 is 1.75 bits per heavy atom. The molecule has 1 heterocycles. The molecule has 32 heavy (non-hydrogen) atoms. The molecule has 1 aromatic heterocycles. The maximum absolute atomic E-state index is 12.9. The normalized spacial score (nSPS) is 11.4. The first-order chi connectivity index (χ1) is 15.6. The molecule has 0 saturated carbocycles. The topological polar surface area (TPSA) is 71.5 Å². The lowest BCUT2D eigenvalue weighted by atomic mass is 10.2. The van der Waals surface area contributed by atoms with Crippen molar-refractivity contribution >= 4 is 29.5 Å². The van der Waals surface area contributed by atoms with Crippen LogP contribution in [0.5, 0.6) is 0 Å². The lowest BCUT2D eigenvalue weighted by molar-refractivity contribution is -0.139. The molecule has 0 aliphatic carbocycles. The Kier molecular flexibility index (Phi) is 8.69. The molecule has 0 radical (unpaired) electrons. The second kappa shape index (κ2) is 11.9. The van der Waals surface area contributed by atoms with Crippen molar-refractivity contribution in [3.63, 3.8) is 0 Å². The molecule has 1 atom stereocenters. The van der Waals surface area contributed by atoms with Gasteiger partial charge in [-0.3, -0.25) is 9.59 Å². The van der Waals surface area contributed by atoms with Gasteiger partial charge >= 0.3 is 5.97 Å². The molecule has 3 rings (SSSR count). The maximum atomic E-state index is 12.9. The molecule has 0 saturated heterocycles. The van der Waals surface area contributed by atoms with Crippen LogP contribution in [0.15, 0.2) is 83.9 Å². The third kappa shape index (κ3) is 6.59. The molecule has 0 fully saturated rings. The number of nitrogens with zero attached hydrogens (tertiary/aromatic N) is 2. The summed E-state index contributed by atoms with van der Waals surface area (Å²) < 4.78 is 4.79. The predicted octanol–water partition coefficient (Wildman–Crippen LogP) is 4.17. The minimum Gasteiger partial charge on any atom is -0.468 e. The zero-order valence-electron chi connectivity index (χ0n) is 18.2. The summed E-state index contributed by atoms with van der Waals surface area (Å²) in [5, 5.41) is 2.60. The first-order valence-corrected chi connectivity index (χ1v) is 11.3. The molecule has 2 aromatic carbocycles. The number of aromatic nitrogens is 1. The summed E-state index contributed by atoms with van der Waals surface area (Å²) in [5.74, 6) is 0.358. The van der Waals surface area contributed by atoms with Gasteiger partial charge in [0.15, 0.2) is 0 Å². The largest absolute Gasteiger partial charge is 0.468 e. The SMILES string of the molecule is COC(=O)C(C)Sc1ccccc1C(=O)NCCN(Cc1ccccc1)c1ccccn1. The van der Waals surface area contributed by atoms with E-state index in [-0.39, 0.29) is 11.9 Å². The van der Waals surface area contributed by atoms with Crippen molar-refractivity contribution in [2.24, 2.45) is 0 Å². The number of carbonyl (C=O) groups is 2. The number of ether oxygens (including phenoxy) is 1. The quantitative estimate of drug-likeness (QED) is 0.370. The van der Waals surface area contributed by atoms with Crippen LogP contribution in [-0.2, 0) is 16.1 Å². The van der Waals surface area contributed by atoms with Gasteiger partial charge in [-0.2, -0.15) is 0 Å². The fraction of sp³-hybridized carbons (Fsp3) is 0.240. The van der Waals surface area contributed by atoms with Crippen LogP contribution >= 0.6 is 11.8 Å². The van der Waals surface area contributed by atoms with Crippen molar-refractivity contribution in [1.29, 1.82) is 0 Å². The molecular formula is C25H27N3O3S. The van der Waals surface area contributed by atoms with Crippen LogP contribution in [-0.4, -0.2) is 42.3 Å². The van der Waals surface area contributed by atoms with E-state index >= 15 is 0 Å². The summed E-state index contributed by atoms with van der Waals surface area (Å²) in [5.41, 5.74) is 1.71. The summed E-state index contributed by atoms with van der Waals surface area (Å²) in [7, 11) is 1.36. The van der Waals surface area contributed by atoms with Crippen LogP contribution < -0.4 is 10.2 Å². The lowest BCUT2D eigenvalue weighted by Crippen LogP contribution is -2.35. The average Bonchev–Trinajstić information content (AvgIpc) is 2.84. The Morgan fingerprint density at radius 3 is 2.47 bits per heavy atom. The molecule has 7 heteroatoms. The number of nitrogens with one attached hydrogen (secondary N) is 1. The van der Waals surface area contributed by atoms with E-state index in [9.17, 15) is 9.59 Å². The van der Waals surface area contributed by atoms with E-state index in [0.717, 1.165) is 10.7 Å².